The predicted octanol–water partition coefficient (Wildman–Crippen LogP) is 3.71. The van der Waals surface area contributed by atoms with Gasteiger partial charge in [0, 0.05) is 21.7 Å². The highest BCUT2D eigenvalue weighted by atomic mass is 35.5. The molecule has 1 N–H and O–H groups in total. The number of pyridine rings is 1. The first-order valence-electron chi connectivity index (χ1n) is 5.05. The van der Waals surface area contributed by atoms with E-state index >= 15 is 0 Å². The summed E-state index contributed by atoms with van der Waals surface area (Å²) < 4.78 is 0. The highest BCUT2D eigenvalue weighted by Crippen LogP contribution is 2.25. The molecule has 2 aromatic rings. The van der Waals surface area contributed by atoms with E-state index in [0.717, 1.165) is 11.3 Å². The van der Waals surface area contributed by atoms with Crippen molar-refractivity contribution in [3.8, 4) is 0 Å². The van der Waals surface area contributed by atoms with Gasteiger partial charge in [-0.15, -0.1) is 0 Å². The van der Waals surface area contributed by atoms with Crippen molar-refractivity contribution >= 4 is 34.1 Å². The van der Waals surface area contributed by atoms with Crippen molar-refractivity contribution in [3.05, 3.63) is 43.7 Å². The molecule has 0 aliphatic rings. The molecule has 0 amide bonds. The molecular formula is C12H11Cl2NO. The van der Waals surface area contributed by atoms with Crippen molar-refractivity contribution in [1.29, 1.82) is 0 Å². The van der Waals surface area contributed by atoms with E-state index in [1.807, 2.05) is 13.8 Å². The average Bonchev–Trinajstić information content (AvgIpc) is 2.21. The van der Waals surface area contributed by atoms with Gasteiger partial charge in [0.25, 0.3) is 0 Å². The molecule has 1 heterocycles. The lowest BCUT2D eigenvalue weighted by atomic mass is 10.1. The zero-order valence-electron chi connectivity index (χ0n) is 9.03. The van der Waals surface area contributed by atoms with E-state index in [0.29, 0.717) is 27.4 Å². The zero-order chi connectivity index (χ0) is 11.9. The Bertz CT molecular complexity index is 616. The van der Waals surface area contributed by atoms with Crippen LogP contribution in [0.2, 0.25) is 10.0 Å². The minimum Gasteiger partial charge on any atom is -0.357 e. The van der Waals surface area contributed by atoms with Crippen molar-refractivity contribution in [2.45, 2.75) is 20.3 Å². The monoisotopic (exact) mass is 255 g/mol. The molecule has 0 unspecified atom stereocenters. The third kappa shape index (κ3) is 1.72. The molecule has 0 saturated carbocycles. The summed E-state index contributed by atoms with van der Waals surface area (Å²) in [4.78, 5) is 15.3. The van der Waals surface area contributed by atoms with Crippen LogP contribution in [-0.4, -0.2) is 4.98 Å². The van der Waals surface area contributed by atoms with E-state index in [1.54, 1.807) is 12.1 Å². The largest absolute Gasteiger partial charge is 0.357 e. The van der Waals surface area contributed by atoms with E-state index in [4.69, 9.17) is 23.2 Å². The first-order chi connectivity index (χ1) is 7.54. The summed E-state index contributed by atoms with van der Waals surface area (Å²) in [7, 11) is 0. The Hall–Kier alpha value is -0.990. The molecule has 2 nitrogen and oxygen atoms in total. The van der Waals surface area contributed by atoms with E-state index in [9.17, 15) is 4.79 Å². The van der Waals surface area contributed by atoms with Gasteiger partial charge in [0.1, 0.15) is 0 Å². The number of aryl methyl sites for hydroxylation is 1. The molecular weight excluding hydrogens is 245 g/mol. The summed E-state index contributed by atoms with van der Waals surface area (Å²) in [5.74, 6) is 0. The Labute approximate surface area is 103 Å². The minimum absolute atomic E-state index is 0.0122. The van der Waals surface area contributed by atoms with Gasteiger partial charge in [0.2, 0.25) is 0 Å². The second-order valence-corrected chi connectivity index (χ2v) is 4.57. The van der Waals surface area contributed by atoms with Crippen molar-refractivity contribution in [1.82, 2.24) is 4.98 Å². The molecule has 4 heteroatoms. The first-order valence-corrected chi connectivity index (χ1v) is 5.80. The highest BCUT2D eigenvalue weighted by molar-refractivity contribution is 6.38. The first kappa shape index (κ1) is 11.5. The molecule has 2 rings (SSSR count). The van der Waals surface area contributed by atoms with E-state index in [-0.39, 0.29) is 5.43 Å². The highest BCUT2D eigenvalue weighted by Gasteiger charge is 2.10. The Morgan fingerprint density at radius 3 is 2.62 bits per heavy atom. The lowest BCUT2D eigenvalue weighted by molar-refractivity contribution is 1.05. The topological polar surface area (TPSA) is 32.9 Å². The smallest absolute Gasteiger partial charge is 0.192 e. The average molecular weight is 256 g/mol. The third-order valence-electron chi connectivity index (χ3n) is 2.69. The van der Waals surface area contributed by atoms with E-state index in [2.05, 4.69) is 4.98 Å². The lowest BCUT2D eigenvalue weighted by Crippen LogP contribution is -2.12. The van der Waals surface area contributed by atoms with Crippen molar-refractivity contribution in [2.24, 2.45) is 0 Å². The van der Waals surface area contributed by atoms with E-state index in [1.165, 1.54) is 0 Å². The number of hydrogen-bond acceptors (Lipinski definition) is 1. The minimum atomic E-state index is 0.0122. The summed E-state index contributed by atoms with van der Waals surface area (Å²) in [6.07, 6.45) is 0.696. The van der Waals surface area contributed by atoms with Gasteiger partial charge in [-0.1, -0.05) is 30.1 Å². The summed E-state index contributed by atoms with van der Waals surface area (Å²) >= 11 is 11.9. The number of H-pyrrole nitrogens is 1. The van der Waals surface area contributed by atoms with Crippen LogP contribution in [-0.2, 0) is 6.42 Å². The Morgan fingerprint density at radius 2 is 2.00 bits per heavy atom. The van der Waals surface area contributed by atoms with Gasteiger partial charge in [-0.3, -0.25) is 4.79 Å². The number of benzene rings is 1. The molecule has 0 aliphatic carbocycles. The molecule has 0 radical (unpaired) electrons. The zero-order valence-corrected chi connectivity index (χ0v) is 10.5. The summed E-state index contributed by atoms with van der Waals surface area (Å²) in [6, 6.07) is 3.28. The van der Waals surface area contributed by atoms with Crippen LogP contribution in [0.15, 0.2) is 16.9 Å². The fourth-order valence-electron chi connectivity index (χ4n) is 1.90. The number of hydrogen-bond donors (Lipinski definition) is 1. The molecule has 0 spiro atoms. The molecule has 0 saturated heterocycles. The van der Waals surface area contributed by atoms with Crippen LogP contribution < -0.4 is 5.43 Å². The normalized spacial score (nSPS) is 11.0. The van der Waals surface area contributed by atoms with Crippen molar-refractivity contribution in [2.75, 3.05) is 0 Å². The standard InChI is InChI=1S/C12H11Cl2NO/c1-3-8-6(2)15-11-9(12(8)16)4-7(13)5-10(11)14/h4-5H,3H2,1-2H3,(H,15,16). The second-order valence-electron chi connectivity index (χ2n) is 3.72. The van der Waals surface area contributed by atoms with Crippen molar-refractivity contribution in [3.63, 3.8) is 0 Å². The third-order valence-corrected chi connectivity index (χ3v) is 3.21. The van der Waals surface area contributed by atoms with Crippen molar-refractivity contribution < 1.29 is 0 Å². The number of aromatic nitrogens is 1. The summed E-state index contributed by atoms with van der Waals surface area (Å²) in [6.45, 7) is 3.83. The predicted molar refractivity (Wildman–Crippen MR) is 68.7 cm³/mol. The molecule has 1 aromatic heterocycles. The Kier molecular flexibility index (Phi) is 2.96. The Balaban J connectivity index is 2.99. The summed E-state index contributed by atoms with van der Waals surface area (Å²) in [5.41, 5.74) is 2.32. The lowest BCUT2D eigenvalue weighted by Gasteiger charge is -2.07. The van der Waals surface area contributed by atoms with Crippen LogP contribution in [0.5, 0.6) is 0 Å². The van der Waals surface area contributed by atoms with Crippen LogP contribution in [0, 0.1) is 6.92 Å². The van der Waals surface area contributed by atoms with Gasteiger partial charge in [0.15, 0.2) is 5.43 Å². The number of aromatic amines is 1. The van der Waals surface area contributed by atoms with E-state index < -0.39 is 0 Å². The van der Waals surface area contributed by atoms with Gasteiger partial charge >= 0.3 is 0 Å². The SMILES string of the molecule is CCc1c(C)[nH]c2c(Cl)cc(Cl)cc2c1=O. The van der Waals surface area contributed by atoms with Crippen LogP contribution in [0.25, 0.3) is 10.9 Å². The second kappa shape index (κ2) is 4.11. The maximum Gasteiger partial charge on any atom is 0.192 e. The molecule has 1 aromatic carbocycles. The molecule has 84 valence electrons. The number of fused-ring (bicyclic) bond motifs is 1. The molecule has 16 heavy (non-hydrogen) atoms. The molecule has 0 bridgehead atoms. The van der Waals surface area contributed by atoms with Crippen LogP contribution in [0.4, 0.5) is 0 Å². The van der Waals surface area contributed by atoms with Crippen LogP contribution in [0.3, 0.4) is 0 Å². The number of nitrogens with one attached hydrogen (secondary N) is 1. The van der Waals surface area contributed by atoms with Gasteiger partial charge in [-0.05, 0) is 25.5 Å². The summed E-state index contributed by atoms with van der Waals surface area (Å²) in [5, 5.41) is 1.51. The van der Waals surface area contributed by atoms with Crippen LogP contribution >= 0.6 is 23.2 Å². The fraction of sp³-hybridized carbons (Fsp3) is 0.250. The Morgan fingerprint density at radius 1 is 1.31 bits per heavy atom. The molecule has 0 aliphatic heterocycles. The molecule has 0 fully saturated rings. The number of halogens is 2. The number of rotatable bonds is 1. The van der Waals surface area contributed by atoms with Gasteiger partial charge in [0.05, 0.1) is 10.5 Å². The van der Waals surface area contributed by atoms with Crippen LogP contribution in [0.1, 0.15) is 18.2 Å². The quantitative estimate of drug-likeness (QED) is 0.828. The molecule has 0 atom stereocenters. The van der Waals surface area contributed by atoms with Gasteiger partial charge < -0.3 is 4.98 Å². The fourth-order valence-corrected chi connectivity index (χ4v) is 2.44. The maximum absolute atomic E-state index is 12.1. The van der Waals surface area contributed by atoms with Gasteiger partial charge in [-0.2, -0.15) is 0 Å². The maximum atomic E-state index is 12.1. The van der Waals surface area contributed by atoms with Gasteiger partial charge in [-0.25, -0.2) is 0 Å².